The van der Waals surface area contributed by atoms with Crippen LogP contribution in [0, 0.1) is 11.8 Å². The van der Waals surface area contributed by atoms with Gasteiger partial charge in [-0.1, -0.05) is 27.7 Å². The van der Waals surface area contributed by atoms with Crippen molar-refractivity contribution < 1.29 is 23.9 Å². The fraction of sp³-hybridized carbons (Fsp3) is 0.562. The highest BCUT2D eigenvalue weighted by Gasteiger charge is 2.27. The van der Waals surface area contributed by atoms with E-state index >= 15 is 0 Å². The van der Waals surface area contributed by atoms with E-state index < -0.39 is 29.9 Å². The first-order chi connectivity index (χ1) is 10.7. The molecule has 23 heavy (non-hydrogen) atoms. The molecule has 1 aromatic rings. The van der Waals surface area contributed by atoms with Gasteiger partial charge in [0, 0.05) is 0 Å². The molecule has 0 saturated heterocycles. The van der Waals surface area contributed by atoms with E-state index in [1.54, 1.807) is 19.9 Å². The third-order valence-corrected chi connectivity index (χ3v) is 3.29. The van der Waals surface area contributed by atoms with Crippen molar-refractivity contribution >= 4 is 17.8 Å². The first-order valence-corrected chi connectivity index (χ1v) is 7.58. The summed E-state index contributed by atoms with van der Waals surface area (Å²) in [4.78, 5) is 35.5. The molecule has 2 atom stereocenters. The molecular weight excluding hydrogens is 300 g/mol. The number of hydrogen-bond acceptors (Lipinski definition) is 5. The quantitative estimate of drug-likeness (QED) is 0.715. The van der Waals surface area contributed by atoms with Gasteiger partial charge in [0.2, 0.25) is 5.91 Å². The van der Waals surface area contributed by atoms with Gasteiger partial charge >= 0.3 is 0 Å². The third kappa shape index (κ3) is 5.77. The van der Waals surface area contributed by atoms with E-state index in [0.29, 0.717) is 0 Å². The van der Waals surface area contributed by atoms with E-state index in [1.807, 2.05) is 13.8 Å². The molecular formula is C16H23N2O5-. The maximum absolute atomic E-state index is 12.3. The molecule has 0 aromatic carbocycles. The number of carbonyl (C=O) groups is 3. The summed E-state index contributed by atoms with van der Waals surface area (Å²) in [6.07, 6.45) is 1.61. The minimum Gasteiger partial charge on any atom is -0.548 e. The van der Waals surface area contributed by atoms with Crippen molar-refractivity contribution in [3.8, 4) is 0 Å². The molecule has 7 heteroatoms. The highest BCUT2D eigenvalue weighted by Crippen LogP contribution is 2.08. The van der Waals surface area contributed by atoms with Gasteiger partial charge in [-0.2, -0.15) is 0 Å². The molecule has 0 saturated carbocycles. The maximum atomic E-state index is 12.3. The number of rotatable bonds is 8. The molecule has 1 aromatic heterocycles. The summed E-state index contributed by atoms with van der Waals surface area (Å²) in [5, 5.41) is 16.1. The molecule has 0 radical (unpaired) electrons. The lowest BCUT2D eigenvalue weighted by atomic mass is 10.0. The van der Waals surface area contributed by atoms with Crippen LogP contribution in [0.25, 0.3) is 0 Å². The Bertz CT molecular complexity index is 537. The Kier molecular flexibility index (Phi) is 6.81. The SMILES string of the molecule is CC(C)C[C@H](NC(=O)[C@@H](NC(=O)c1ccco1)C(C)C)C(=O)[O-]. The Morgan fingerprint density at radius 2 is 1.83 bits per heavy atom. The standard InChI is InChI=1S/C16H24N2O5/c1-9(2)8-11(16(21)22)17-15(20)13(10(3)4)18-14(19)12-6-5-7-23-12/h5-7,9-11,13H,8H2,1-4H3,(H,17,20)(H,18,19)(H,21,22)/p-1/t11-,13-/m0/s1. The van der Waals surface area contributed by atoms with Crippen LogP contribution in [-0.4, -0.2) is 29.9 Å². The van der Waals surface area contributed by atoms with Gasteiger partial charge in [-0.3, -0.25) is 9.59 Å². The minimum absolute atomic E-state index is 0.0772. The summed E-state index contributed by atoms with van der Waals surface area (Å²) in [7, 11) is 0. The fourth-order valence-electron chi connectivity index (χ4n) is 2.10. The van der Waals surface area contributed by atoms with Crippen molar-refractivity contribution in [3.05, 3.63) is 24.2 Å². The van der Waals surface area contributed by atoms with Gasteiger partial charge in [-0.05, 0) is 30.4 Å². The summed E-state index contributed by atoms with van der Waals surface area (Å²) in [5.74, 6) is -2.50. The summed E-state index contributed by atoms with van der Waals surface area (Å²) in [6, 6.07) is 1.08. The molecule has 0 fully saturated rings. The second-order valence-corrected chi connectivity index (χ2v) is 6.18. The van der Waals surface area contributed by atoms with Gasteiger partial charge in [0.15, 0.2) is 5.76 Å². The first kappa shape index (κ1) is 18.7. The second kappa shape index (κ2) is 8.36. The zero-order valence-corrected chi connectivity index (χ0v) is 13.8. The third-order valence-electron chi connectivity index (χ3n) is 3.29. The minimum atomic E-state index is -1.34. The van der Waals surface area contributed by atoms with Crippen LogP contribution in [0.15, 0.2) is 22.8 Å². The number of aliphatic carboxylic acids is 1. The zero-order valence-electron chi connectivity index (χ0n) is 13.8. The van der Waals surface area contributed by atoms with Crippen LogP contribution in [0.5, 0.6) is 0 Å². The van der Waals surface area contributed by atoms with Crippen LogP contribution in [0.2, 0.25) is 0 Å². The van der Waals surface area contributed by atoms with Crippen LogP contribution in [-0.2, 0) is 9.59 Å². The lowest BCUT2D eigenvalue weighted by Crippen LogP contribution is -2.56. The molecule has 0 aliphatic rings. The number of furan rings is 1. The Morgan fingerprint density at radius 3 is 2.26 bits per heavy atom. The summed E-state index contributed by atoms with van der Waals surface area (Å²) < 4.78 is 4.98. The number of carboxylic acids is 1. The molecule has 0 bridgehead atoms. The molecule has 0 spiro atoms. The zero-order chi connectivity index (χ0) is 17.6. The summed E-state index contributed by atoms with van der Waals surface area (Å²) >= 11 is 0. The van der Waals surface area contributed by atoms with E-state index in [-0.39, 0.29) is 24.0 Å². The van der Waals surface area contributed by atoms with E-state index in [1.165, 1.54) is 12.3 Å². The van der Waals surface area contributed by atoms with Gasteiger partial charge in [0.25, 0.3) is 5.91 Å². The largest absolute Gasteiger partial charge is 0.548 e. The molecule has 0 aliphatic heterocycles. The summed E-state index contributed by atoms with van der Waals surface area (Å²) in [6.45, 7) is 7.20. The number of amides is 2. The van der Waals surface area contributed by atoms with Gasteiger partial charge in [0.05, 0.1) is 18.3 Å². The Balaban J connectivity index is 2.77. The van der Waals surface area contributed by atoms with E-state index in [2.05, 4.69) is 10.6 Å². The van der Waals surface area contributed by atoms with E-state index in [9.17, 15) is 19.5 Å². The van der Waals surface area contributed by atoms with Crippen molar-refractivity contribution in [1.82, 2.24) is 10.6 Å². The maximum Gasteiger partial charge on any atom is 0.287 e. The van der Waals surface area contributed by atoms with Crippen molar-refractivity contribution in [2.24, 2.45) is 11.8 Å². The topological polar surface area (TPSA) is 111 Å². The van der Waals surface area contributed by atoms with Gasteiger partial charge in [0.1, 0.15) is 6.04 Å². The Morgan fingerprint density at radius 1 is 1.17 bits per heavy atom. The second-order valence-electron chi connectivity index (χ2n) is 6.18. The predicted molar refractivity (Wildman–Crippen MR) is 81.2 cm³/mol. The Hall–Kier alpha value is -2.31. The average molecular weight is 323 g/mol. The van der Waals surface area contributed by atoms with Crippen molar-refractivity contribution in [2.75, 3.05) is 0 Å². The first-order valence-electron chi connectivity index (χ1n) is 7.58. The number of hydrogen-bond donors (Lipinski definition) is 2. The Labute approximate surface area is 135 Å². The smallest absolute Gasteiger partial charge is 0.287 e. The van der Waals surface area contributed by atoms with Crippen LogP contribution in [0.1, 0.15) is 44.7 Å². The van der Waals surface area contributed by atoms with Crippen LogP contribution >= 0.6 is 0 Å². The van der Waals surface area contributed by atoms with Crippen LogP contribution in [0.3, 0.4) is 0 Å². The molecule has 0 unspecified atom stereocenters. The van der Waals surface area contributed by atoms with E-state index in [4.69, 9.17) is 4.42 Å². The molecule has 1 rings (SSSR count). The lowest BCUT2D eigenvalue weighted by Gasteiger charge is -2.26. The predicted octanol–water partition coefficient (Wildman–Crippen LogP) is 0.315. The molecule has 1 heterocycles. The highest BCUT2D eigenvalue weighted by molar-refractivity contribution is 5.96. The number of nitrogens with one attached hydrogen (secondary N) is 2. The molecule has 7 nitrogen and oxygen atoms in total. The normalized spacial score (nSPS) is 13.7. The van der Waals surface area contributed by atoms with Crippen molar-refractivity contribution in [2.45, 2.75) is 46.2 Å². The van der Waals surface area contributed by atoms with Gasteiger partial charge < -0.3 is 25.0 Å². The molecule has 128 valence electrons. The molecule has 0 aliphatic carbocycles. The van der Waals surface area contributed by atoms with Gasteiger partial charge in [-0.25, -0.2) is 0 Å². The van der Waals surface area contributed by atoms with Crippen LogP contribution in [0.4, 0.5) is 0 Å². The molecule has 2 N–H and O–H groups in total. The lowest BCUT2D eigenvalue weighted by molar-refractivity contribution is -0.308. The van der Waals surface area contributed by atoms with Crippen molar-refractivity contribution in [3.63, 3.8) is 0 Å². The van der Waals surface area contributed by atoms with Crippen LogP contribution < -0.4 is 15.7 Å². The summed E-state index contributed by atoms with van der Waals surface area (Å²) in [5.41, 5.74) is 0. The average Bonchev–Trinajstić information content (AvgIpc) is 2.96. The highest BCUT2D eigenvalue weighted by atomic mass is 16.4. The van der Waals surface area contributed by atoms with Crippen molar-refractivity contribution in [1.29, 1.82) is 0 Å². The van der Waals surface area contributed by atoms with Gasteiger partial charge in [-0.15, -0.1) is 0 Å². The number of carbonyl (C=O) groups excluding carboxylic acids is 3. The molecule has 2 amide bonds. The number of carboxylic acid groups (broad SMARTS) is 1. The fourth-order valence-corrected chi connectivity index (χ4v) is 2.10. The monoisotopic (exact) mass is 323 g/mol. The van der Waals surface area contributed by atoms with E-state index in [0.717, 1.165) is 0 Å².